The van der Waals surface area contributed by atoms with Gasteiger partial charge in [0.1, 0.15) is 12.0 Å². The molecule has 2 aromatic rings. The highest BCUT2D eigenvalue weighted by molar-refractivity contribution is 5.77. The van der Waals surface area contributed by atoms with Crippen LogP contribution in [-0.2, 0) is 11.3 Å². The number of fused-ring (bicyclic) bond motifs is 1. The van der Waals surface area contributed by atoms with Crippen LogP contribution in [0.25, 0.3) is 0 Å². The second kappa shape index (κ2) is 7.27. The van der Waals surface area contributed by atoms with Crippen LogP contribution in [0.15, 0.2) is 41.1 Å². The summed E-state index contributed by atoms with van der Waals surface area (Å²) in [7, 11) is 0. The predicted molar refractivity (Wildman–Crippen MR) is 92.3 cm³/mol. The number of nitrogens with zero attached hydrogens (tertiary/aromatic N) is 3. The van der Waals surface area contributed by atoms with Crippen molar-refractivity contribution in [2.24, 2.45) is 0 Å². The van der Waals surface area contributed by atoms with Crippen LogP contribution in [0.5, 0.6) is 5.75 Å². The molecule has 0 N–H and O–H groups in total. The van der Waals surface area contributed by atoms with Crippen LogP contribution >= 0.6 is 0 Å². The van der Waals surface area contributed by atoms with Crippen molar-refractivity contribution in [2.45, 2.75) is 25.3 Å². The Balaban J connectivity index is 1.31. The lowest BCUT2D eigenvalue weighted by atomic mass is 9.90. The molecular weight excluding hydrogens is 318 g/mol. The number of carbonyl (C=O) groups excluding carboxylic acids is 1. The Bertz CT molecular complexity index is 708. The number of ether oxygens (including phenoxy) is 1. The summed E-state index contributed by atoms with van der Waals surface area (Å²) in [5.41, 5.74) is 2.12. The number of carbonyl (C=O) groups is 1. The van der Waals surface area contributed by atoms with Crippen LogP contribution in [0.1, 0.15) is 30.0 Å². The molecule has 25 heavy (non-hydrogen) atoms. The molecule has 6 heteroatoms. The molecule has 6 nitrogen and oxygen atoms in total. The minimum atomic E-state index is 0.253. The summed E-state index contributed by atoms with van der Waals surface area (Å²) in [6, 6.07) is 9.97. The van der Waals surface area contributed by atoms with E-state index < -0.39 is 0 Å². The van der Waals surface area contributed by atoms with E-state index in [2.05, 4.69) is 16.1 Å². The molecule has 2 aliphatic heterocycles. The Hall–Kier alpha value is -2.34. The fraction of sp³-hybridized carbons (Fsp3) is 0.474. The Morgan fingerprint density at radius 2 is 2.00 bits per heavy atom. The monoisotopic (exact) mass is 341 g/mol. The summed E-state index contributed by atoms with van der Waals surface area (Å²) >= 11 is 0. The molecule has 3 heterocycles. The second-order valence-corrected chi connectivity index (χ2v) is 6.72. The van der Waals surface area contributed by atoms with Gasteiger partial charge in [0, 0.05) is 45.2 Å². The standard InChI is InChI=1S/C19H23N3O3/c23-19(13-15-5-11-24-18-4-2-1-3-17(15)18)22-9-7-21(8-10-22)14-16-6-12-25-20-16/h1-4,6,12,15H,5,7-11,13-14H2. The average molecular weight is 341 g/mol. The third-order valence-corrected chi connectivity index (χ3v) is 5.11. The molecule has 2 aliphatic rings. The number of hydrogen-bond donors (Lipinski definition) is 0. The molecule has 4 rings (SSSR count). The number of para-hydroxylation sites is 1. The zero-order valence-corrected chi connectivity index (χ0v) is 14.3. The Labute approximate surface area is 147 Å². The minimum absolute atomic E-state index is 0.253. The zero-order chi connectivity index (χ0) is 17.1. The molecule has 0 radical (unpaired) electrons. The lowest BCUT2D eigenvalue weighted by molar-refractivity contribution is -0.133. The first-order valence-electron chi connectivity index (χ1n) is 8.91. The van der Waals surface area contributed by atoms with E-state index in [-0.39, 0.29) is 11.8 Å². The predicted octanol–water partition coefficient (Wildman–Crippen LogP) is 2.28. The van der Waals surface area contributed by atoms with Crippen LogP contribution in [0, 0.1) is 0 Å². The van der Waals surface area contributed by atoms with Crippen molar-refractivity contribution in [1.29, 1.82) is 0 Å². The molecule has 1 atom stereocenters. The van der Waals surface area contributed by atoms with Gasteiger partial charge in [-0.2, -0.15) is 0 Å². The normalized spacial score (nSPS) is 20.8. The smallest absolute Gasteiger partial charge is 0.223 e. The van der Waals surface area contributed by atoms with Gasteiger partial charge in [0.2, 0.25) is 5.91 Å². The lowest BCUT2D eigenvalue weighted by Gasteiger charge is -2.35. The maximum atomic E-state index is 12.7. The van der Waals surface area contributed by atoms with E-state index in [4.69, 9.17) is 9.26 Å². The number of amides is 1. The van der Waals surface area contributed by atoms with Gasteiger partial charge in [0.05, 0.1) is 12.3 Å². The topological polar surface area (TPSA) is 58.8 Å². The molecule has 0 saturated carbocycles. The summed E-state index contributed by atoms with van der Waals surface area (Å²) in [4.78, 5) is 17.0. The van der Waals surface area contributed by atoms with Gasteiger partial charge in [-0.1, -0.05) is 23.4 Å². The van der Waals surface area contributed by atoms with Gasteiger partial charge in [0.15, 0.2) is 0 Å². The highest BCUT2D eigenvalue weighted by Gasteiger charge is 2.27. The van der Waals surface area contributed by atoms with Crippen LogP contribution in [-0.4, -0.2) is 53.6 Å². The van der Waals surface area contributed by atoms with Gasteiger partial charge in [-0.3, -0.25) is 9.69 Å². The maximum absolute atomic E-state index is 12.7. The van der Waals surface area contributed by atoms with E-state index in [9.17, 15) is 4.79 Å². The van der Waals surface area contributed by atoms with Gasteiger partial charge in [0.25, 0.3) is 0 Å². The molecule has 1 aromatic carbocycles. The summed E-state index contributed by atoms with van der Waals surface area (Å²) < 4.78 is 10.6. The second-order valence-electron chi connectivity index (χ2n) is 6.72. The number of hydrogen-bond acceptors (Lipinski definition) is 5. The molecule has 1 saturated heterocycles. The van der Waals surface area contributed by atoms with E-state index in [1.54, 1.807) is 6.26 Å². The van der Waals surface area contributed by atoms with Crippen molar-refractivity contribution in [2.75, 3.05) is 32.8 Å². The van der Waals surface area contributed by atoms with Crippen LogP contribution in [0.4, 0.5) is 0 Å². The maximum Gasteiger partial charge on any atom is 0.223 e. The van der Waals surface area contributed by atoms with Crippen molar-refractivity contribution in [3.8, 4) is 5.75 Å². The number of benzene rings is 1. The third kappa shape index (κ3) is 3.69. The summed E-state index contributed by atoms with van der Waals surface area (Å²) in [6.45, 7) is 4.79. The van der Waals surface area contributed by atoms with Crippen molar-refractivity contribution < 1.29 is 14.1 Å². The van der Waals surface area contributed by atoms with Crippen LogP contribution < -0.4 is 4.74 Å². The highest BCUT2D eigenvalue weighted by Crippen LogP contribution is 2.35. The number of aromatic nitrogens is 1. The quantitative estimate of drug-likeness (QED) is 0.854. The highest BCUT2D eigenvalue weighted by atomic mass is 16.5. The third-order valence-electron chi connectivity index (χ3n) is 5.11. The minimum Gasteiger partial charge on any atom is -0.493 e. The SMILES string of the molecule is O=C(CC1CCOc2ccccc21)N1CCN(Cc2ccon2)CC1. The molecular formula is C19H23N3O3. The van der Waals surface area contributed by atoms with Gasteiger partial charge >= 0.3 is 0 Å². The number of rotatable bonds is 4. The Morgan fingerprint density at radius 1 is 1.16 bits per heavy atom. The van der Waals surface area contributed by atoms with Crippen molar-refractivity contribution >= 4 is 5.91 Å². The zero-order valence-electron chi connectivity index (χ0n) is 14.3. The van der Waals surface area contributed by atoms with E-state index in [1.807, 2.05) is 29.2 Å². The first-order chi connectivity index (χ1) is 12.3. The Kier molecular flexibility index (Phi) is 4.70. The fourth-order valence-electron chi connectivity index (χ4n) is 3.67. The van der Waals surface area contributed by atoms with Gasteiger partial charge in [-0.05, 0) is 24.0 Å². The summed E-state index contributed by atoms with van der Waals surface area (Å²) in [5, 5.41) is 3.95. The molecule has 1 aromatic heterocycles. The lowest BCUT2D eigenvalue weighted by Crippen LogP contribution is -2.48. The first-order valence-corrected chi connectivity index (χ1v) is 8.91. The van der Waals surface area contributed by atoms with Crippen molar-refractivity contribution in [3.05, 3.63) is 47.9 Å². The van der Waals surface area contributed by atoms with Gasteiger partial charge in [-0.15, -0.1) is 0 Å². The molecule has 0 bridgehead atoms. The fourth-order valence-corrected chi connectivity index (χ4v) is 3.67. The molecule has 132 valence electrons. The first kappa shape index (κ1) is 16.1. The summed E-state index contributed by atoms with van der Waals surface area (Å²) in [6.07, 6.45) is 3.08. The molecule has 0 aliphatic carbocycles. The summed E-state index contributed by atoms with van der Waals surface area (Å²) in [5.74, 6) is 1.46. The van der Waals surface area contributed by atoms with E-state index in [0.717, 1.165) is 50.6 Å². The molecule has 1 amide bonds. The average Bonchev–Trinajstić information content (AvgIpc) is 3.16. The van der Waals surface area contributed by atoms with Crippen molar-refractivity contribution in [1.82, 2.24) is 15.0 Å². The largest absolute Gasteiger partial charge is 0.493 e. The van der Waals surface area contributed by atoms with Crippen LogP contribution in [0.3, 0.4) is 0 Å². The number of piperazine rings is 1. The van der Waals surface area contributed by atoms with E-state index >= 15 is 0 Å². The van der Waals surface area contributed by atoms with Crippen molar-refractivity contribution in [3.63, 3.8) is 0 Å². The van der Waals surface area contributed by atoms with E-state index in [1.165, 1.54) is 5.56 Å². The molecule has 0 spiro atoms. The molecule has 1 unspecified atom stereocenters. The van der Waals surface area contributed by atoms with Gasteiger partial charge in [-0.25, -0.2) is 0 Å². The molecule has 1 fully saturated rings. The Morgan fingerprint density at radius 3 is 2.80 bits per heavy atom. The van der Waals surface area contributed by atoms with Gasteiger partial charge < -0.3 is 14.2 Å². The van der Waals surface area contributed by atoms with E-state index in [0.29, 0.717) is 13.0 Å². The van der Waals surface area contributed by atoms with Crippen LogP contribution in [0.2, 0.25) is 0 Å².